The van der Waals surface area contributed by atoms with E-state index in [1.165, 1.54) is 0 Å². The van der Waals surface area contributed by atoms with E-state index in [0.717, 1.165) is 0 Å². The summed E-state index contributed by atoms with van der Waals surface area (Å²) in [6, 6.07) is 0. The highest BCUT2D eigenvalue weighted by molar-refractivity contribution is 5.77. The minimum atomic E-state index is -2.53. The first-order chi connectivity index (χ1) is 4.54. The van der Waals surface area contributed by atoms with E-state index in [4.69, 9.17) is 15.9 Å². The lowest BCUT2D eigenvalue weighted by Gasteiger charge is -2.16. The Labute approximate surface area is 58.4 Å². The van der Waals surface area contributed by atoms with Crippen LogP contribution in [0.25, 0.3) is 0 Å². The number of esters is 1. The molecule has 0 saturated carbocycles. The average Bonchev–Trinajstić information content (AvgIpc) is 1.89. The van der Waals surface area contributed by atoms with Gasteiger partial charge in [-0.25, -0.2) is 4.79 Å². The number of ether oxygens (including phenoxy) is 1. The molecular weight excluding hydrogens is 138 g/mol. The van der Waals surface area contributed by atoms with Crippen molar-refractivity contribution in [3.8, 4) is 0 Å². The monoisotopic (exact) mass is 149 g/mol. The van der Waals surface area contributed by atoms with Crippen molar-refractivity contribution in [3.63, 3.8) is 0 Å². The summed E-state index contributed by atoms with van der Waals surface area (Å²) in [4.78, 5) is 10.5. The number of nitrogens with two attached hydrogens (primary N) is 1. The highest BCUT2D eigenvalue weighted by Gasteiger charge is 2.32. The van der Waals surface area contributed by atoms with Gasteiger partial charge >= 0.3 is 5.97 Å². The van der Waals surface area contributed by atoms with E-state index in [9.17, 15) is 4.79 Å². The molecular formula is C5H11NO4. The SMILES string of the molecule is CCOC(=O)C(O)(O)CN. The van der Waals surface area contributed by atoms with E-state index < -0.39 is 18.3 Å². The number of hydrogen-bond donors (Lipinski definition) is 3. The topological polar surface area (TPSA) is 92.8 Å². The maximum Gasteiger partial charge on any atom is 0.367 e. The van der Waals surface area contributed by atoms with Crippen molar-refractivity contribution in [2.75, 3.05) is 13.2 Å². The maximum absolute atomic E-state index is 10.5. The largest absolute Gasteiger partial charge is 0.462 e. The molecule has 0 aliphatic carbocycles. The third kappa shape index (κ3) is 2.30. The van der Waals surface area contributed by atoms with Gasteiger partial charge < -0.3 is 20.7 Å². The van der Waals surface area contributed by atoms with Crippen molar-refractivity contribution in [2.45, 2.75) is 12.7 Å². The van der Waals surface area contributed by atoms with Crippen LogP contribution in [-0.4, -0.2) is 35.1 Å². The number of hydrogen-bond acceptors (Lipinski definition) is 5. The van der Waals surface area contributed by atoms with E-state index >= 15 is 0 Å². The van der Waals surface area contributed by atoms with Crippen LogP contribution in [0.1, 0.15) is 6.92 Å². The first-order valence-corrected chi connectivity index (χ1v) is 2.86. The minimum Gasteiger partial charge on any atom is -0.462 e. The zero-order chi connectivity index (χ0) is 8.20. The average molecular weight is 149 g/mol. The summed E-state index contributed by atoms with van der Waals surface area (Å²) >= 11 is 0. The maximum atomic E-state index is 10.5. The van der Waals surface area contributed by atoms with Gasteiger partial charge in [0.05, 0.1) is 13.2 Å². The third-order valence-electron chi connectivity index (χ3n) is 0.887. The second-order valence-electron chi connectivity index (χ2n) is 1.74. The Morgan fingerprint density at radius 1 is 1.70 bits per heavy atom. The van der Waals surface area contributed by atoms with Crippen molar-refractivity contribution >= 4 is 5.97 Å². The fourth-order valence-corrected chi connectivity index (χ4v) is 0.330. The summed E-state index contributed by atoms with van der Waals surface area (Å²) in [5.41, 5.74) is 4.84. The summed E-state index contributed by atoms with van der Waals surface area (Å²) in [7, 11) is 0. The molecule has 0 aliphatic heterocycles. The van der Waals surface area contributed by atoms with Crippen molar-refractivity contribution in [1.29, 1.82) is 0 Å². The third-order valence-corrected chi connectivity index (χ3v) is 0.887. The van der Waals surface area contributed by atoms with Gasteiger partial charge in [0.15, 0.2) is 0 Å². The fraction of sp³-hybridized carbons (Fsp3) is 0.800. The number of carbonyl (C=O) groups excluding carboxylic acids is 1. The lowest BCUT2D eigenvalue weighted by Crippen LogP contribution is -2.46. The molecule has 0 atom stereocenters. The first-order valence-electron chi connectivity index (χ1n) is 2.86. The molecule has 4 N–H and O–H groups in total. The highest BCUT2D eigenvalue weighted by Crippen LogP contribution is 1.98. The Hall–Kier alpha value is -0.650. The summed E-state index contributed by atoms with van der Waals surface area (Å²) in [5.74, 6) is -3.65. The normalized spacial score (nSPS) is 11.2. The molecule has 5 nitrogen and oxygen atoms in total. The Balaban J connectivity index is 3.91. The van der Waals surface area contributed by atoms with Gasteiger partial charge in [-0.15, -0.1) is 0 Å². The molecule has 0 saturated heterocycles. The number of carbonyl (C=O) groups is 1. The van der Waals surface area contributed by atoms with E-state index in [1.54, 1.807) is 6.92 Å². The van der Waals surface area contributed by atoms with Crippen LogP contribution in [0.5, 0.6) is 0 Å². The molecule has 0 unspecified atom stereocenters. The van der Waals surface area contributed by atoms with Gasteiger partial charge in [0.2, 0.25) is 0 Å². The van der Waals surface area contributed by atoms with Crippen molar-refractivity contribution < 1.29 is 19.7 Å². The molecule has 0 aromatic rings. The molecule has 5 heteroatoms. The molecule has 0 bridgehead atoms. The summed E-state index contributed by atoms with van der Waals surface area (Å²) in [5, 5.41) is 17.4. The first kappa shape index (κ1) is 9.35. The summed E-state index contributed by atoms with van der Waals surface area (Å²) in [6.07, 6.45) is 0. The quantitative estimate of drug-likeness (QED) is 0.325. The molecule has 0 heterocycles. The van der Waals surface area contributed by atoms with Crippen LogP contribution >= 0.6 is 0 Å². The van der Waals surface area contributed by atoms with Gasteiger partial charge in [-0.05, 0) is 6.92 Å². The van der Waals surface area contributed by atoms with Crippen LogP contribution in [0, 0.1) is 0 Å². The van der Waals surface area contributed by atoms with Gasteiger partial charge in [0.1, 0.15) is 0 Å². The molecule has 0 aromatic carbocycles. The molecule has 0 aliphatic rings. The predicted octanol–water partition coefficient (Wildman–Crippen LogP) is -1.81. The molecule has 0 aromatic heterocycles. The predicted molar refractivity (Wildman–Crippen MR) is 32.9 cm³/mol. The number of rotatable bonds is 3. The Kier molecular flexibility index (Phi) is 3.27. The van der Waals surface area contributed by atoms with Crippen molar-refractivity contribution in [3.05, 3.63) is 0 Å². The second-order valence-corrected chi connectivity index (χ2v) is 1.74. The van der Waals surface area contributed by atoms with E-state index in [1.807, 2.05) is 0 Å². The van der Waals surface area contributed by atoms with Crippen LogP contribution in [0.4, 0.5) is 0 Å². The molecule has 0 rings (SSSR count). The summed E-state index contributed by atoms with van der Waals surface area (Å²) in [6.45, 7) is 1.10. The molecule has 0 fully saturated rings. The lowest BCUT2D eigenvalue weighted by molar-refractivity contribution is -0.205. The smallest absolute Gasteiger partial charge is 0.367 e. The Bertz CT molecular complexity index is 123. The van der Waals surface area contributed by atoms with Crippen LogP contribution < -0.4 is 5.73 Å². The second kappa shape index (κ2) is 3.50. The Morgan fingerprint density at radius 2 is 2.20 bits per heavy atom. The standard InChI is InChI=1S/C5H11NO4/c1-2-10-4(7)5(8,9)3-6/h8-9H,2-3,6H2,1H3. The van der Waals surface area contributed by atoms with Gasteiger partial charge in [-0.2, -0.15) is 0 Å². The van der Waals surface area contributed by atoms with Crippen molar-refractivity contribution in [1.82, 2.24) is 0 Å². The molecule has 60 valence electrons. The zero-order valence-corrected chi connectivity index (χ0v) is 5.70. The van der Waals surface area contributed by atoms with Gasteiger partial charge in [0, 0.05) is 0 Å². The van der Waals surface area contributed by atoms with E-state index in [0.29, 0.717) is 0 Å². The van der Waals surface area contributed by atoms with E-state index in [2.05, 4.69) is 4.74 Å². The molecule has 0 radical (unpaired) electrons. The number of aliphatic hydroxyl groups is 2. The molecule has 10 heavy (non-hydrogen) atoms. The summed E-state index contributed by atoms with van der Waals surface area (Å²) < 4.78 is 4.28. The van der Waals surface area contributed by atoms with Gasteiger partial charge in [-0.3, -0.25) is 0 Å². The molecule has 0 spiro atoms. The molecule has 0 amide bonds. The minimum absolute atomic E-state index is 0.0989. The zero-order valence-electron chi connectivity index (χ0n) is 5.70. The Morgan fingerprint density at radius 3 is 2.50 bits per heavy atom. The van der Waals surface area contributed by atoms with E-state index in [-0.39, 0.29) is 6.61 Å². The highest BCUT2D eigenvalue weighted by atomic mass is 16.6. The fourth-order valence-electron chi connectivity index (χ4n) is 0.330. The van der Waals surface area contributed by atoms with Gasteiger partial charge in [-0.1, -0.05) is 0 Å². The van der Waals surface area contributed by atoms with Crippen LogP contribution in [0.15, 0.2) is 0 Å². The van der Waals surface area contributed by atoms with Gasteiger partial charge in [0.25, 0.3) is 5.79 Å². The van der Waals surface area contributed by atoms with Crippen LogP contribution in [0.2, 0.25) is 0 Å². The van der Waals surface area contributed by atoms with Crippen molar-refractivity contribution in [2.24, 2.45) is 5.73 Å². The van der Waals surface area contributed by atoms with Crippen LogP contribution in [-0.2, 0) is 9.53 Å². The van der Waals surface area contributed by atoms with Crippen LogP contribution in [0.3, 0.4) is 0 Å². The lowest BCUT2D eigenvalue weighted by atomic mass is 10.3.